The van der Waals surface area contributed by atoms with Crippen LogP contribution in [0.3, 0.4) is 0 Å². The molecule has 1 unspecified atom stereocenters. The molecule has 13 heteroatoms. The zero-order valence-corrected chi connectivity index (χ0v) is 24.0. The van der Waals surface area contributed by atoms with E-state index in [2.05, 4.69) is 23.8 Å². The van der Waals surface area contributed by atoms with Crippen molar-refractivity contribution in [1.29, 1.82) is 0 Å². The predicted molar refractivity (Wildman–Crippen MR) is 156 cm³/mol. The lowest BCUT2D eigenvalue weighted by molar-refractivity contribution is -0.177. The van der Waals surface area contributed by atoms with Gasteiger partial charge in [-0.1, -0.05) is 37.3 Å². The van der Waals surface area contributed by atoms with Crippen LogP contribution in [0.5, 0.6) is 0 Å². The summed E-state index contributed by atoms with van der Waals surface area (Å²) in [6.07, 6.45) is -0.208. The molecule has 4 rings (SSSR count). The third-order valence-electron chi connectivity index (χ3n) is 6.77. The van der Waals surface area contributed by atoms with E-state index in [0.29, 0.717) is 46.0 Å². The number of carbonyl (C=O) groups is 6. The normalized spacial score (nSPS) is 14.7. The molecule has 1 atom stereocenters. The fourth-order valence-electron chi connectivity index (χ4n) is 4.59. The molecule has 1 aliphatic carbocycles. The molecule has 1 fully saturated rings. The molecule has 0 bridgehead atoms. The maximum Gasteiger partial charge on any atom is 0.533 e. The molecule has 2 aromatic carbocycles. The Morgan fingerprint density at radius 3 is 1.89 bits per heavy atom. The van der Waals surface area contributed by atoms with Gasteiger partial charge in [-0.2, -0.15) is 0 Å². The molecule has 230 valence electrons. The van der Waals surface area contributed by atoms with E-state index in [0.717, 1.165) is 11.1 Å². The van der Waals surface area contributed by atoms with Crippen LogP contribution in [0, 0.1) is 0 Å². The first kappa shape index (κ1) is 31.5. The number of hydrogen-bond donors (Lipinski definition) is 2. The van der Waals surface area contributed by atoms with Gasteiger partial charge in [0.05, 0.1) is 17.9 Å². The summed E-state index contributed by atoms with van der Waals surface area (Å²) in [6.45, 7) is 8.31. The van der Waals surface area contributed by atoms with Gasteiger partial charge in [0.25, 0.3) is 23.6 Å². The lowest BCUT2D eigenvalue weighted by Gasteiger charge is -2.17. The van der Waals surface area contributed by atoms with Gasteiger partial charge in [0.1, 0.15) is 12.9 Å². The highest BCUT2D eigenvalue weighted by Crippen LogP contribution is 2.47. The van der Waals surface area contributed by atoms with Crippen molar-refractivity contribution in [2.24, 2.45) is 0 Å². The molecule has 4 amide bonds. The number of rotatable bonds is 14. The van der Waals surface area contributed by atoms with E-state index in [-0.39, 0.29) is 44.8 Å². The molecule has 0 spiro atoms. The van der Waals surface area contributed by atoms with Crippen LogP contribution in [0.25, 0.3) is 11.1 Å². The fourth-order valence-corrected chi connectivity index (χ4v) is 4.59. The number of hydroxylamine groups is 2. The molecular formula is C31H31N3O10. The Hall–Kier alpha value is -5.46. The summed E-state index contributed by atoms with van der Waals surface area (Å²) in [6, 6.07) is 10.5. The number of fused-ring (bicyclic) bond motifs is 3. The summed E-state index contributed by atoms with van der Waals surface area (Å²) in [5, 5.41) is 5.88. The van der Waals surface area contributed by atoms with Crippen molar-refractivity contribution in [1.82, 2.24) is 5.06 Å². The van der Waals surface area contributed by atoms with Crippen LogP contribution in [0.1, 0.15) is 49.7 Å². The highest BCUT2D eigenvalue weighted by Gasteiger charge is 2.35. The molecule has 2 aromatic rings. The molecule has 1 saturated heterocycles. The molecule has 44 heavy (non-hydrogen) atoms. The minimum Gasteiger partial charge on any atom is -0.489 e. The fraction of sp³-hybridized carbons (Fsp3) is 0.290. The third kappa shape index (κ3) is 7.68. The largest absolute Gasteiger partial charge is 0.533 e. The monoisotopic (exact) mass is 605 g/mol. The maximum atomic E-state index is 12.5. The molecule has 1 aliphatic heterocycles. The molecule has 0 aromatic heterocycles. The van der Waals surface area contributed by atoms with Gasteiger partial charge in [0.15, 0.2) is 13.2 Å². The molecule has 1 heterocycles. The molecule has 13 nitrogen and oxygen atoms in total. The molecule has 0 radical (unpaired) electrons. The lowest BCUT2D eigenvalue weighted by Crippen LogP contribution is -2.32. The van der Waals surface area contributed by atoms with Gasteiger partial charge in [-0.25, -0.2) is 4.79 Å². The van der Waals surface area contributed by atoms with Crippen LogP contribution >= 0.6 is 0 Å². The molecule has 2 aliphatic rings. The van der Waals surface area contributed by atoms with Crippen molar-refractivity contribution in [3.05, 3.63) is 72.2 Å². The number of nitrogens with zero attached hydrogens (tertiary/aromatic N) is 1. The summed E-state index contributed by atoms with van der Waals surface area (Å²) in [5.41, 5.74) is 3.88. The first-order valence-corrected chi connectivity index (χ1v) is 13.7. The number of carbonyl (C=O) groups excluding carboxylic acids is 6. The van der Waals surface area contributed by atoms with Crippen LogP contribution in [0.15, 0.2) is 61.1 Å². The Morgan fingerprint density at radius 1 is 0.864 bits per heavy atom. The SMILES string of the molecule is C=C(CC)OCC(=O)Nc1ccc2c(c1)C(COC(=O)ON1C(=O)CCC1=O)c1cc(NC(=O)COC(=C)CC=O)ccc1-2. The van der Waals surface area contributed by atoms with Crippen LogP contribution in [-0.4, -0.2) is 61.0 Å². The second-order valence-electron chi connectivity index (χ2n) is 9.87. The smallest absolute Gasteiger partial charge is 0.489 e. The minimum absolute atomic E-state index is 0.0297. The van der Waals surface area contributed by atoms with Crippen molar-refractivity contribution < 1.29 is 47.8 Å². The van der Waals surface area contributed by atoms with Crippen LogP contribution in [0.2, 0.25) is 0 Å². The summed E-state index contributed by atoms with van der Waals surface area (Å²) < 4.78 is 15.8. The highest BCUT2D eigenvalue weighted by atomic mass is 16.8. The average Bonchev–Trinajstić information content (AvgIpc) is 3.48. The Balaban J connectivity index is 1.53. The number of imide groups is 1. The number of benzene rings is 2. The van der Waals surface area contributed by atoms with E-state index in [1.54, 1.807) is 36.4 Å². The van der Waals surface area contributed by atoms with E-state index in [9.17, 15) is 28.8 Å². The summed E-state index contributed by atoms with van der Waals surface area (Å²) in [5.74, 6) is -2.11. The topological polar surface area (TPSA) is 167 Å². The highest BCUT2D eigenvalue weighted by molar-refractivity contribution is 6.01. The van der Waals surface area contributed by atoms with Crippen LogP contribution < -0.4 is 10.6 Å². The summed E-state index contributed by atoms with van der Waals surface area (Å²) in [4.78, 5) is 76.5. The van der Waals surface area contributed by atoms with E-state index in [1.165, 1.54) is 0 Å². The number of aldehydes is 1. The van der Waals surface area contributed by atoms with Gasteiger partial charge in [0, 0.05) is 36.6 Å². The quantitative estimate of drug-likeness (QED) is 0.139. The zero-order chi connectivity index (χ0) is 31.8. The van der Waals surface area contributed by atoms with Gasteiger partial charge in [-0.3, -0.25) is 24.0 Å². The van der Waals surface area contributed by atoms with Gasteiger partial charge >= 0.3 is 6.16 Å². The molecule has 2 N–H and O–H groups in total. The Bertz CT molecular complexity index is 1520. The number of hydrogen-bond acceptors (Lipinski definition) is 10. The maximum absolute atomic E-state index is 12.5. The minimum atomic E-state index is -1.24. The Morgan fingerprint density at radius 2 is 1.39 bits per heavy atom. The zero-order valence-electron chi connectivity index (χ0n) is 24.0. The van der Waals surface area contributed by atoms with E-state index in [1.807, 2.05) is 6.92 Å². The number of anilines is 2. The lowest BCUT2D eigenvalue weighted by atomic mass is 9.97. The number of amides is 4. The van der Waals surface area contributed by atoms with Crippen molar-refractivity contribution in [2.75, 3.05) is 30.5 Å². The number of nitrogens with one attached hydrogen (secondary N) is 2. The number of ether oxygens (including phenoxy) is 3. The Labute approximate surface area is 252 Å². The van der Waals surface area contributed by atoms with Gasteiger partial charge < -0.3 is 29.6 Å². The second-order valence-corrected chi connectivity index (χ2v) is 9.87. The second kappa shape index (κ2) is 14.1. The predicted octanol–water partition coefficient (Wildman–Crippen LogP) is 3.95. The average molecular weight is 606 g/mol. The number of allylic oxidation sites excluding steroid dienone is 2. The van der Waals surface area contributed by atoms with E-state index in [4.69, 9.17) is 19.0 Å². The van der Waals surface area contributed by atoms with Crippen molar-refractivity contribution in [3.8, 4) is 11.1 Å². The van der Waals surface area contributed by atoms with Gasteiger partial charge in [0.2, 0.25) is 0 Å². The molecule has 0 saturated carbocycles. The third-order valence-corrected chi connectivity index (χ3v) is 6.77. The van der Waals surface area contributed by atoms with Crippen LogP contribution in [-0.2, 0) is 43.0 Å². The van der Waals surface area contributed by atoms with E-state index < -0.39 is 35.7 Å². The first-order chi connectivity index (χ1) is 21.1. The molecular weight excluding hydrogens is 574 g/mol. The summed E-state index contributed by atoms with van der Waals surface area (Å²) in [7, 11) is 0. The van der Waals surface area contributed by atoms with Crippen LogP contribution in [0.4, 0.5) is 16.2 Å². The first-order valence-electron chi connectivity index (χ1n) is 13.7. The standard InChI is InChI=1S/C31H31N3O10/c1-4-18(2)41-16-27(36)32-20-5-7-22-23-8-6-21(33-28(37)17-42-19(3)11-12-35)14-25(23)26(24(22)13-20)15-43-31(40)44-34-29(38)9-10-30(34)39/h5-8,12-14,26H,2-4,9-11,15-17H2,1H3,(H,32,36)(H,33,37). The van der Waals surface area contributed by atoms with E-state index >= 15 is 0 Å². The van der Waals surface area contributed by atoms with Gasteiger partial charge in [-0.15, -0.1) is 0 Å². The van der Waals surface area contributed by atoms with Crippen molar-refractivity contribution >= 4 is 47.4 Å². The van der Waals surface area contributed by atoms with Crippen molar-refractivity contribution in [3.63, 3.8) is 0 Å². The van der Waals surface area contributed by atoms with Gasteiger partial charge in [-0.05, 0) is 46.5 Å². The van der Waals surface area contributed by atoms with Crippen molar-refractivity contribution in [2.45, 2.75) is 38.5 Å². The summed E-state index contributed by atoms with van der Waals surface area (Å²) >= 11 is 0. The Kier molecular flexibility index (Phi) is 10.1.